The summed E-state index contributed by atoms with van der Waals surface area (Å²) in [6.07, 6.45) is 5.40. The molecule has 0 N–H and O–H groups in total. The lowest BCUT2D eigenvalue weighted by Gasteiger charge is -2.51. The zero-order chi connectivity index (χ0) is 16.6. The Morgan fingerprint density at radius 2 is 2.08 bits per heavy atom. The number of likely N-dealkylation sites (tertiary alicyclic amines) is 1. The lowest BCUT2D eigenvalue weighted by Crippen LogP contribution is -2.54. The zero-order valence-electron chi connectivity index (χ0n) is 14.5. The molecule has 0 aliphatic carbocycles. The number of aromatic nitrogens is 1. The van der Waals surface area contributed by atoms with E-state index in [1.807, 2.05) is 6.20 Å². The van der Waals surface area contributed by atoms with Crippen LogP contribution in [0, 0.1) is 0 Å². The van der Waals surface area contributed by atoms with E-state index in [-0.39, 0.29) is 5.54 Å². The smallest absolute Gasteiger partial charge is 0.119 e. The molecule has 0 saturated carbocycles. The van der Waals surface area contributed by atoms with Crippen molar-refractivity contribution < 1.29 is 4.74 Å². The van der Waals surface area contributed by atoms with Crippen LogP contribution in [-0.2, 0) is 18.5 Å². The van der Waals surface area contributed by atoms with Crippen molar-refractivity contribution in [3.05, 3.63) is 45.9 Å². The van der Waals surface area contributed by atoms with E-state index >= 15 is 0 Å². The second-order valence-corrected chi connectivity index (χ2v) is 7.91. The Kier molecular flexibility index (Phi) is 4.33. The van der Waals surface area contributed by atoms with E-state index in [1.54, 1.807) is 18.4 Å². The van der Waals surface area contributed by atoms with E-state index in [1.165, 1.54) is 29.0 Å². The third kappa shape index (κ3) is 2.75. The lowest BCUT2D eigenvalue weighted by atomic mass is 9.74. The van der Waals surface area contributed by atoms with E-state index in [0.29, 0.717) is 0 Å². The minimum atomic E-state index is 0.168. The van der Waals surface area contributed by atoms with Crippen LogP contribution < -0.4 is 4.74 Å². The van der Waals surface area contributed by atoms with Crippen LogP contribution in [-0.4, -0.2) is 48.6 Å². The van der Waals surface area contributed by atoms with Gasteiger partial charge in [-0.25, -0.2) is 4.98 Å². The molecule has 24 heavy (non-hydrogen) atoms. The van der Waals surface area contributed by atoms with Gasteiger partial charge in [0.2, 0.25) is 0 Å². The maximum Gasteiger partial charge on any atom is 0.119 e. The molecule has 2 aliphatic rings. The molecule has 2 aliphatic heterocycles. The van der Waals surface area contributed by atoms with Crippen molar-refractivity contribution in [2.45, 2.75) is 31.3 Å². The molecule has 1 aromatic carbocycles. The van der Waals surface area contributed by atoms with Gasteiger partial charge in [0.1, 0.15) is 10.8 Å². The number of thiazole rings is 1. The number of piperidine rings is 1. The number of methoxy groups -OCH3 is 1. The normalized spacial score (nSPS) is 20.9. The Labute approximate surface area is 148 Å². The molecule has 1 aromatic heterocycles. The Morgan fingerprint density at radius 3 is 2.79 bits per heavy atom. The molecule has 0 bridgehead atoms. The average molecular weight is 343 g/mol. The molecule has 0 unspecified atom stereocenters. The van der Waals surface area contributed by atoms with Crippen LogP contribution in [0.3, 0.4) is 0 Å². The minimum Gasteiger partial charge on any atom is -0.497 e. The Bertz CT molecular complexity index is 693. The van der Waals surface area contributed by atoms with E-state index in [4.69, 9.17) is 4.74 Å². The molecule has 4 nitrogen and oxygen atoms in total. The van der Waals surface area contributed by atoms with Crippen LogP contribution in [0.15, 0.2) is 29.8 Å². The van der Waals surface area contributed by atoms with Gasteiger partial charge in [0.25, 0.3) is 0 Å². The van der Waals surface area contributed by atoms with Gasteiger partial charge in [0, 0.05) is 36.8 Å². The standard InChI is InChI=1S/C19H25N3OS/c1-21-9-5-15-3-4-16(23-2)13-17(15)19(21)6-10-22(11-7-19)14-18-20-8-12-24-18/h3-4,8,12-13H,5-7,9-11,14H2,1-2H3. The topological polar surface area (TPSA) is 28.6 Å². The number of fused-ring (bicyclic) bond motifs is 2. The second kappa shape index (κ2) is 6.47. The molecule has 3 heterocycles. The van der Waals surface area contributed by atoms with Crippen LogP contribution in [0.4, 0.5) is 0 Å². The fraction of sp³-hybridized carbons (Fsp3) is 0.526. The summed E-state index contributed by atoms with van der Waals surface area (Å²) < 4.78 is 5.50. The van der Waals surface area contributed by atoms with E-state index in [0.717, 1.165) is 38.3 Å². The SMILES string of the molecule is COc1ccc2c(c1)C1(CCN(Cc3nccs3)CC1)N(C)CC2. The molecule has 5 heteroatoms. The van der Waals surface area contributed by atoms with Crippen LogP contribution >= 0.6 is 11.3 Å². The van der Waals surface area contributed by atoms with E-state index < -0.39 is 0 Å². The molecule has 0 amide bonds. The monoisotopic (exact) mass is 343 g/mol. The van der Waals surface area contributed by atoms with Gasteiger partial charge in [-0.3, -0.25) is 9.80 Å². The van der Waals surface area contributed by atoms with Gasteiger partial charge >= 0.3 is 0 Å². The molecule has 0 atom stereocenters. The van der Waals surface area contributed by atoms with Crippen molar-refractivity contribution in [2.75, 3.05) is 33.8 Å². The highest BCUT2D eigenvalue weighted by Crippen LogP contribution is 2.44. The number of rotatable bonds is 3. The second-order valence-electron chi connectivity index (χ2n) is 6.93. The van der Waals surface area contributed by atoms with Gasteiger partial charge in [-0.1, -0.05) is 6.07 Å². The third-order valence-corrected chi connectivity index (χ3v) is 6.56. The average Bonchev–Trinajstić information content (AvgIpc) is 3.13. The quantitative estimate of drug-likeness (QED) is 0.856. The first-order valence-electron chi connectivity index (χ1n) is 8.71. The first-order valence-corrected chi connectivity index (χ1v) is 9.58. The van der Waals surface area contributed by atoms with Crippen molar-refractivity contribution in [1.82, 2.24) is 14.8 Å². The van der Waals surface area contributed by atoms with E-state index in [2.05, 4.69) is 45.4 Å². The Balaban J connectivity index is 1.57. The third-order valence-electron chi connectivity index (χ3n) is 5.79. The van der Waals surface area contributed by atoms with Crippen LogP contribution in [0.25, 0.3) is 0 Å². The first-order chi connectivity index (χ1) is 11.7. The summed E-state index contributed by atoms with van der Waals surface area (Å²) in [4.78, 5) is 9.56. The predicted molar refractivity (Wildman–Crippen MR) is 97.6 cm³/mol. The highest BCUT2D eigenvalue weighted by molar-refractivity contribution is 7.09. The number of nitrogens with zero attached hydrogens (tertiary/aromatic N) is 3. The van der Waals surface area contributed by atoms with Crippen molar-refractivity contribution in [1.29, 1.82) is 0 Å². The summed E-state index contributed by atoms with van der Waals surface area (Å²) in [5, 5.41) is 3.29. The molecule has 0 radical (unpaired) electrons. The maximum absolute atomic E-state index is 5.50. The minimum absolute atomic E-state index is 0.168. The predicted octanol–water partition coefficient (Wildman–Crippen LogP) is 3.13. The van der Waals surface area contributed by atoms with Crippen molar-refractivity contribution in [3.8, 4) is 5.75 Å². The lowest BCUT2D eigenvalue weighted by molar-refractivity contribution is 0.0253. The highest BCUT2D eigenvalue weighted by atomic mass is 32.1. The Hall–Kier alpha value is -1.43. The number of hydrogen-bond donors (Lipinski definition) is 0. The molecule has 1 saturated heterocycles. The van der Waals surface area contributed by atoms with Crippen molar-refractivity contribution in [2.24, 2.45) is 0 Å². The van der Waals surface area contributed by atoms with E-state index in [9.17, 15) is 0 Å². The van der Waals surface area contributed by atoms with Gasteiger partial charge in [-0.2, -0.15) is 0 Å². The van der Waals surface area contributed by atoms with Crippen LogP contribution in [0.5, 0.6) is 5.75 Å². The maximum atomic E-state index is 5.50. The molecule has 4 rings (SSSR count). The zero-order valence-corrected chi connectivity index (χ0v) is 15.3. The summed E-state index contributed by atoms with van der Waals surface area (Å²) >= 11 is 1.76. The summed E-state index contributed by atoms with van der Waals surface area (Å²) in [5.41, 5.74) is 3.16. The molecular formula is C19H25N3OS. The van der Waals surface area contributed by atoms with Crippen molar-refractivity contribution >= 4 is 11.3 Å². The molecule has 1 fully saturated rings. The first kappa shape index (κ1) is 16.1. The summed E-state index contributed by atoms with van der Waals surface area (Å²) in [6, 6.07) is 6.65. The summed E-state index contributed by atoms with van der Waals surface area (Å²) in [5.74, 6) is 0.980. The van der Waals surface area contributed by atoms with Crippen molar-refractivity contribution in [3.63, 3.8) is 0 Å². The number of ether oxygens (including phenoxy) is 1. The number of hydrogen-bond acceptors (Lipinski definition) is 5. The summed E-state index contributed by atoms with van der Waals surface area (Å²) in [6.45, 7) is 4.38. The number of likely N-dealkylation sites (N-methyl/N-ethyl adjacent to an activating group) is 1. The fourth-order valence-electron chi connectivity index (χ4n) is 4.30. The van der Waals surface area contributed by atoms with Crippen LogP contribution in [0.1, 0.15) is 29.0 Å². The molecule has 1 spiro atoms. The fourth-order valence-corrected chi connectivity index (χ4v) is 4.95. The molecular weight excluding hydrogens is 318 g/mol. The van der Waals surface area contributed by atoms with Gasteiger partial charge in [-0.15, -0.1) is 11.3 Å². The molecule has 2 aromatic rings. The van der Waals surface area contributed by atoms with Gasteiger partial charge < -0.3 is 4.74 Å². The highest BCUT2D eigenvalue weighted by Gasteiger charge is 2.43. The van der Waals surface area contributed by atoms with Gasteiger partial charge in [0.15, 0.2) is 0 Å². The largest absolute Gasteiger partial charge is 0.497 e. The van der Waals surface area contributed by atoms with Gasteiger partial charge in [-0.05, 0) is 49.6 Å². The number of benzene rings is 1. The van der Waals surface area contributed by atoms with Crippen LogP contribution in [0.2, 0.25) is 0 Å². The van der Waals surface area contributed by atoms with Gasteiger partial charge in [0.05, 0.1) is 13.7 Å². The summed E-state index contributed by atoms with van der Waals surface area (Å²) in [7, 11) is 4.05. The molecule has 128 valence electrons. The Morgan fingerprint density at radius 1 is 1.25 bits per heavy atom.